The smallest absolute Gasteiger partial charge is 0.145 e. The molecule has 0 aliphatic carbocycles. The maximum atomic E-state index is 5.98. The minimum Gasteiger partial charge on any atom is -0.382 e. The van der Waals surface area contributed by atoms with Gasteiger partial charge in [-0.2, -0.15) is 5.10 Å². The lowest BCUT2D eigenvalue weighted by molar-refractivity contribution is 0.886. The zero-order valence-corrected chi connectivity index (χ0v) is 8.63. The molecule has 1 aromatic carbocycles. The molecular formula is C9H7Cl2N3. The van der Waals surface area contributed by atoms with E-state index in [0.717, 1.165) is 5.69 Å². The van der Waals surface area contributed by atoms with Gasteiger partial charge in [-0.1, -0.05) is 23.2 Å². The van der Waals surface area contributed by atoms with E-state index in [2.05, 4.69) is 5.10 Å². The Hall–Kier alpha value is -1.19. The topological polar surface area (TPSA) is 43.8 Å². The van der Waals surface area contributed by atoms with Crippen molar-refractivity contribution >= 4 is 29.0 Å². The minimum atomic E-state index is 0.445. The third-order valence-electron chi connectivity index (χ3n) is 1.76. The molecule has 72 valence electrons. The average Bonchev–Trinajstić information content (AvgIpc) is 2.56. The molecule has 0 spiro atoms. The molecule has 14 heavy (non-hydrogen) atoms. The number of aromatic nitrogens is 2. The summed E-state index contributed by atoms with van der Waals surface area (Å²) in [5.41, 5.74) is 6.21. The van der Waals surface area contributed by atoms with Gasteiger partial charge in [0.2, 0.25) is 0 Å². The highest BCUT2D eigenvalue weighted by atomic mass is 35.5. The predicted molar refractivity (Wildman–Crippen MR) is 58.0 cm³/mol. The molecule has 2 N–H and O–H groups in total. The van der Waals surface area contributed by atoms with E-state index in [1.54, 1.807) is 35.1 Å². The Balaban J connectivity index is 2.55. The zero-order valence-electron chi connectivity index (χ0n) is 7.11. The van der Waals surface area contributed by atoms with Crippen molar-refractivity contribution in [2.45, 2.75) is 0 Å². The number of nitrogens with zero attached hydrogens (tertiary/aromatic N) is 2. The minimum absolute atomic E-state index is 0.445. The molecule has 0 amide bonds. The highest BCUT2D eigenvalue weighted by Gasteiger charge is 2.04. The fourth-order valence-electron chi connectivity index (χ4n) is 1.13. The van der Waals surface area contributed by atoms with Crippen LogP contribution in [-0.2, 0) is 0 Å². The number of nitrogen functional groups attached to an aromatic ring is 1. The van der Waals surface area contributed by atoms with Crippen LogP contribution in [0, 0.1) is 0 Å². The van der Waals surface area contributed by atoms with E-state index in [4.69, 9.17) is 28.9 Å². The Morgan fingerprint density at radius 3 is 2.64 bits per heavy atom. The van der Waals surface area contributed by atoms with Crippen molar-refractivity contribution in [2.24, 2.45) is 0 Å². The number of benzene rings is 1. The van der Waals surface area contributed by atoms with Gasteiger partial charge in [-0.15, -0.1) is 0 Å². The summed E-state index contributed by atoms with van der Waals surface area (Å²) in [6.07, 6.45) is 1.73. The van der Waals surface area contributed by atoms with Gasteiger partial charge in [0.25, 0.3) is 0 Å². The SMILES string of the molecule is Nc1ccn(-c2cc(Cl)ccc2Cl)n1. The highest BCUT2D eigenvalue weighted by Crippen LogP contribution is 2.23. The fraction of sp³-hybridized carbons (Fsp3) is 0. The molecule has 0 fully saturated rings. The molecule has 0 saturated carbocycles. The molecule has 0 atom stereocenters. The normalized spacial score (nSPS) is 10.4. The fourth-order valence-corrected chi connectivity index (χ4v) is 1.50. The van der Waals surface area contributed by atoms with Gasteiger partial charge in [-0.3, -0.25) is 0 Å². The molecule has 5 heteroatoms. The first-order chi connectivity index (χ1) is 6.66. The average molecular weight is 228 g/mol. The number of rotatable bonds is 1. The van der Waals surface area contributed by atoms with E-state index in [1.807, 2.05) is 0 Å². The molecule has 3 nitrogen and oxygen atoms in total. The lowest BCUT2D eigenvalue weighted by atomic mass is 10.3. The molecule has 0 unspecified atom stereocenters. The van der Waals surface area contributed by atoms with Crippen molar-refractivity contribution in [3.05, 3.63) is 40.5 Å². The maximum Gasteiger partial charge on any atom is 0.145 e. The van der Waals surface area contributed by atoms with Gasteiger partial charge < -0.3 is 5.73 Å². The summed E-state index contributed by atoms with van der Waals surface area (Å²) in [6.45, 7) is 0. The Labute approximate surface area is 91.0 Å². The second-order valence-electron chi connectivity index (χ2n) is 2.78. The molecular weight excluding hydrogens is 221 g/mol. The number of hydrogen-bond donors (Lipinski definition) is 1. The van der Waals surface area contributed by atoms with Gasteiger partial charge >= 0.3 is 0 Å². The van der Waals surface area contributed by atoms with Crippen LogP contribution in [0.2, 0.25) is 10.0 Å². The van der Waals surface area contributed by atoms with Crippen molar-refractivity contribution in [3.63, 3.8) is 0 Å². The van der Waals surface area contributed by atoms with E-state index in [-0.39, 0.29) is 0 Å². The lowest BCUT2D eigenvalue weighted by Gasteiger charge is -2.03. The maximum absolute atomic E-state index is 5.98. The lowest BCUT2D eigenvalue weighted by Crippen LogP contribution is -1.97. The molecule has 0 aliphatic rings. The van der Waals surface area contributed by atoms with Crippen LogP contribution in [0.4, 0.5) is 5.82 Å². The summed E-state index contributed by atoms with van der Waals surface area (Å²) in [5, 5.41) is 5.22. The summed E-state index contributed by atoms with van der Waals surface area (Å²) in [4.78, 5) is 0. The summed E-state index contributed by atoms with van der Waals surface area (Å²) in [6, 6.07) is 6.87. The van der Waals surface area contributed by atoms with Crippen LogP contribution < -0.4 is 5.73 Å². The van der Waals surface area contributed by atoms with Crippen LogP contribution in [-0.4, -0.2) is 9.78 Å². The molecule has 1 aromatic heterocycles. The van der Waals surface area contributed by atoms with Gasteiger partial charge in [0, 0.05) is 17.3 Å². The molecule has 2 aromatic rings. The first kappa shape index (κ1) is 9.37. The molecule has 0 bridgehead atoms. The monoisotopic (exact) mass is 227 g/mol. The van der Waals surface area contributed by atoms with Crippen molar-refractivity contribution in [3.8, 4) is 5.69 Å². The van der Waals surface area contributed by atoms with Gasteiger partial charge in [0.1, 0.15) is 5.82 Å². The van der Waals surface area contributed by atoms with Gasteiger partial charge in [0.15, 0.2) is 0 Å². The first-order valence-corrected chi connectivity index (χ1v) is 4.69. The Morgan fingerprint density at radius 2 is 2.00 bits per heavy atom. The summed E-state index contributed by atoms with van der Waals surface area (Å²) in [7, 11) is 0. The number of halogens is 2. The van der Waals surface area contributed by atoms with Crippen LogP contribution >= 0.6 is 23.2 Å². The number of nitrogens with two attached hydrogens (primary N) is 1. The third-order valence-corrected chi connectivity index (χ3v) is 2.32. The Bertz CT molecular complexity index is 465. The largest absolute Gasteiger partial charge is 0.382 e. The van der Waals surface area contributed by atoms with Crippen LogP contribution in [0.3, 0.4) is 0 Å². The van der Waals surface area contributed by atoms with E-state index < -0.39 is 0 Å². The molecule has 2 rings (SSSR count). The Kier molecular flexibility index (Phi) is 2.35. The Morgan fingerprint density at radius 1 is 1.21 bits per heavy atom. The molecule has 1 heterocycles. The van der Waals surface area contributed by atoms with Crippen molar-refractivity contribution in [1.29, 1.82) is 0 Å². The zero-order chi connectivity index (χ0) is 10.1. The van der Waals surface area contributed by atoms with E-state index in [9.17, 15) is 0 Å². The predicted octanol–water partition coefficient (Wildman–Crippen LogP) is 2.76. The van der Waals surface area contributed by atoms with Crippen LogP contribution in [0.25, 0.3) is 5.69 Å². The molecule has 0 saturated heterocycles. The van der Waals surface area contributed by atoms with E-state index >= 15 is 0 Å². The second kappa shape index (κ2) is 3.52. The van der Waals surface area contributed by atoms with Crippen LogP contribution in [0.15, 0.2) is 30.5 Å². The van der Waals surface area contributed by atoms with Gasteiger partial charge in [0.05, 0.1) is 10.7 Å². The first-order valence-electron chi connectivity index (χ1n) is 3.93. The van der Waals surface area contributed by atoms with Gasteiger partial charge in [-0.05, 0) is 18.2 Å². The third kappa shape index (κ3) is 1.69. The highest BCUT2D eigenvalue weighted by molar-refractivity contribution is 6.34. The second-order valence-corrected chi connectivity index (χ2v) is 3.62. The standard InChI is InChI=1S/C9H7Cl2N3/c10-6-1-2-7(11)8(5-6)14-4-3-9(12)13-14/h1-5H,(H2,12,13). The van der Waals surface area contributed by atoms with Gasteiger partial charge in [-0.25, -0.2) is 4.68 Å². The van der Waals surface area contributed by atoms with Crippen LogP contribution in [0.5, 0.6) is 0 Å². The summed E-state index contributed by atoms with van der Waals surface area (Å²) in [5.74, 6) is 0.445. The molecule has 0 aliphatic heterocycles. The number of anilines is 1. The van der Waals surface area contributed by atoms with Crippen molar-refractivity contribution < 1.29 is 0 Å². The van der Waals surface area contributed by atoms with Crippen molar-refractivity contribution in [1.82, 2.24) is 9.78 Å². The quantitative estimate of drug-likeness (QED) is 0.815. The number of hydrogen-bond acceptors (Lipinski definition) is 2. The van der Waals surface area contributed by atoms with Crippen molar-refractivity contribution in [2.75, 3.05) is 5.73 Å². The summed E-state index contributed by atoms with van der Waals surface area (Å²) < 4.78 is 1.59. The van der Waals surface area contributed by atoms with Crippen LogP contribution in [0.1, 0.15) is 0 Å². The van der Waals surface area contributed by atoms with E-state index in [1.165, 1.54) is 0 Å². The summed E-state index contributed by atoms with van der Waals surface area (Å²) >= 11 is 11.8. The van der Waals surface area contributed by atoms with E-state index in [0.29, 0.717) is 15.9 Å². The molecule has 0 radical (unpaired) electrons.